The van der Waals surface area contributed by atoms with Gasteiger partial charge in [-0.3, -0.25) is 0 Å². The van der Waals surface area contributed by atoms with Gasteiger partial charge in [0.15, 0.2) is 0 Å². The van der Waals surface area contributed by atoms with Crippen molar-refractivity contribution in [1.82, 2.24) is 0 Å². The van der Waals surface area contributed by atoms with E-state index in [1.165, 1.54) is 24.0 Å². The van der Waals surface area contributed by atoms with Crippen LogP contribution in [-0.4, -0.2) is 6.61 Å². The molecule has 0 amide bonds. The predicted octanol–water partition coefficient (Wildman–Crippen LogP) is 6.35. The smallest absolute Gasteiger partial charge is 0.127 e. The van der Waals surface area contributed by atoms with Crippen molar-refractivity contribution in [2.24, 2.45) is 11.8 Å². The zero-order valence-electron chi connectivity index (χ0n) is 14.6. The summed E-state index contributed by atoms with van der Waals surface area (Å²) in [4.78, 5) is 0. The number of benzene rings is 1. The molecule has 1 fully saturated rings. The van der Waals surface area contributed by atoms with E-state index in [0.29, 0.717) is 24.4 Å². The van der Waals surface area contributed by atoms with Gasteiger partial charge in [0, 0.05) is 10.6 Å². The summed E-state index contributed by atoms with van der Waals surface area (Å²) in [7, 11) is 0. The summed E-state index contributed by atoms with van der Waals surface area (Å²) in [6.45, 7) is 15.7. The average Bonchev–Trinajstić information content (AvgIpc) is 2.75. The zero-order valence-corrected chi connectivity index (χ0v) is 15.3. The summed E-state index contributed by atoms with van der Waals surface area (Å²) < 4.78 is 6.13. The Bertz CT molecular complexity index is 531. The second-order valence-electron chi connectivity index (χ2n) is 7.78. The fourth-order valence-electron chi connectivity index (χ4n) is 3.78. The number of hydrogen-bond acceptors (Lipinski definition) is 1. The van der Waals surface area contributed by atoms with Gasteiger partial charge in [-0.05, 0) is 53.7 Å². The number of hydrogen-bond donors (Lipinski definition) is 0. The lowest BCUT2D eigenvalue weighted by Gasteiger charge is -2.29. The minimum atomic E-state index is 0.00122. The predicted molar refractivity (Wildman–Crippen MR) is 96.1 cm³/mol. The van der Waals surface area contributed by atoms with E-state index in [4.69, 9.17) is 16.3 Å². The van der Waals surface area contributed by atoms with Crippen LogP contribution in [0, 0.1) is 11.8 Å². The minimum absolute atomic E-state index is 0.00122. The van der Waals surface area contributed by atoms with Gasteiger partial charge in [-0.15, -0.1) is 0 Å². The SMILES string of the molecule is C=CCOc1c(C2C(C)CCC2C)cc(Cl)cc1C(C)(C)C. The fraction of sp³-hybridized carbons (Fsp3) is 0.600. The molecular formula is C20H29ClO. The van der Waals surface area contributed by atoms with E-state index < -0.39 is 0 Å². The van der Waals surface area contributed by atoms with Crippen LogP contribution in [0.4, 0.5) is 0 Å². The van der Waals surface area contributed by atoms with Crippen molar-refractivity contribution >= 4 is 11.6 Å². The third-order valence-corrected chi connectivity index (χ3v) is 5.12. The quantitative estimate of drug-likeness (QED) is 0.587. The first-order valence-electron chi connectivity index (χ1n) is 8.33. The van der Waals surface area contributed by atoms with E-state index >= 15 is 0 Å². The summed E-state index contributed by atoms with van der Waals surface area (Å²) in [5.74, 6) is 2.90. The highest BCUT2D eigenvalue weighted by atomic mass is 35.5. The van der Waals surface area contributed by atoms with Crippen LogP contribution in [0.15, 0.2) is 24.8 Å². The topological polar surface area (TPSA) is 9.23 Å². The summed E-state index contributed by atoms with van der Waals surface area (Å²) in [6.07, 6.45) is 4.38. The summed E-state index contributed by atoms with van der Waals surface area (Å²) in [5.41, 5.74) is 2.49. The molecule has 0 N–H and O–H groups in total. The highest BCUT2D eigenvalue weighted by molar-refractivity contribution is 6.30. The minimum Gasteiger partial charge on any atom is -0.489 e. The number of rotatable bonds is 4. The first kappa shape index (κ1) is 17.4. The molecule has 0 heterocycles. The molecule has 0 radical (unpaired) electrons. The Labute approximate surface area is 140 Å². The molecule has 0 spiro atoms. The Morgan fingerprint density at radius 3 is 2.32 bits per heavy atom. The van der Waals surface area contributed by atoms with E-state index in [0.717, 1.165) is 10.8 Å². The van der Waals surface area contributed by atoms with Gasteiger partial charge in [-0.25, -0.2) is 0 Å². The average molecular weight is 321 g/mol. The Balaban J connectivity index is 2.60. The lowest BCUT2D eigenvalue weighted by atomic mass is 9.79. The van der Waals surface area contributed by atoms with Gasteiger partial charge in [0.2, 0.25) is 0 Å². The lowest BCUT2D eigenvalue weighted by Crippen LogP contribution is -2.18. The van der Waals surface area contributed by atoms with Gasteiger partial charge in [0.05, 0.1) is 0 Å². The highest BCUT2D eigenvalue weighted by Gasteiger charge is 2.35. The Morgan fingerprint density at radius 1 is 1.23 bits per heavy atom. The van der Waals surface area contributed by atoms with Crippen LogP contribution < -0.4 is 4.74 Å². The maximum Gasteiger partial charge on any atom is 0.127 e. The van der Waals surface area contributed by atoms with Crippen molar-refractivity contribution in [3.63, 3.8) is 0 Å². The Kier molecular flexibility index (Phi) is 5.27. The maximum atomic E-state index is 6.46. The van der Waals surface area contributed by atoms with Crippen LogP contribution in [0.1, 0.15) is 64.5 Å². The molecule has 22 heavy (non-hydrogen) atoms. The van der Waals surface area contributed by atoms with E-state index in [9.17, 15) is 0 Å². The molecule has 1 nitrogen and oxygen atoms in total. The van der Waals surface area contributed by atoms with Crippen molar-refractivity contribution in [2.45, 2.75) is 58.8 Å². The standard InChI is InChI=1S/C20H29ClO/c1-7-10-22-19-16(18-13(2)8-9-14(18)3)11-15(21)12-17(19)20(4,5)6/h7,11-14,18H,1,8-10H2,2-6H3. The van der Waals surface area contributed by atoms with Crippen LogP contribution in [0.25, 0.3) is 0 Å². The highest BCUT2D eigenvalue weighted by Crippen LogP contribution is 2.49. The Morgan fingerprint density at radius 2 is 1.82 bits per heavy atom. The molecule has 1 saturated carbocycles. The van der Waals surface area contributed by atoms with Crippen LogP contribution in [-0.2, 0) is 5.41 Å². The second kappa shape index (κ2) is 6.66. The summed E-state index contributed by atoms with van der Waals surface area (Å²) in [5, 5.41) is 0.817. The first-order chi connectivity index (χ1) is 10.3. The maximum absolute atomic E-state index is 6.46. The van der Waals surface area contributed by atoms with Crippen LogP contribution in [0.5, 0.6) is 5.75 Å². The summed E-state index contributed by atoms with van der Waals surface area (Å²) in [6, 6.07) is 4.19. The molecule has 1 aliphatic carbocycles. The summed E-state index contributed by atoms with van der Waals surface area (Å²) >= 11 is 6.46. The van der Waals surface area contributed by atoms with Gasteiger partial charge in [-0.1, -0.05) is 58.9 Å². The van der Waals surface area contributed by atoms with E-state index in [2.05, 4.69) is 53.3 Å². The Hall–Kier alpha value is -0.950. The van der Waals surface area contributed by atoms with Gasteiger partial charge >= 0.3 is 0 Å². The molecule has 2 heteroatoms. The zero-order chi connectivity index (χ0) is 16.5. The van der Waals surface area contributed by atoms with Crippen molar-refractivity contribution in [2.75, 3.05) is 6.61 Å². The second-order valence-corrected chi connectivity index (χ2v) is 8.22. The number of ether oxygens (including phenoxy) is 1. The third kappa shape index (κ3) is 3.51. The number of halogens is 1. The van der Waals surface area contributed by atoms with Crippen molar-refractivity contribution in [1.29, 1.82) is 0 Å². The molecule has 2 atom stereocenters. The molecule has 0 saturated heterocycles. The molecular weight excluding hydrogens is 292 g/mol. The molecule has 0 bridgehead atoms. The van der Waals surface area contributed by atoms with E-state index in [1.54, 1.807) is 0 Å². The van der Waals surface area contributed by atoms with Crippen molar-refractivity contribution in [3.8, 4) is 5.75 Å². The molecule has 1 aromatic carbocycles. The van der Waals surface area contributed by atoms with Crippen LogP contribution in [0.3, 0.4) is 0 Å². The molecule has 2 unspecified atom stereocenters. The van der Waals surface area contributed by atoms with Gasteiger partial charge < -0.3 is 4.74 Å². The normalized spacial score (nSPS) is 25.3. The molecule has 1 aromatic rings. The van der Waals surface area contributed by atoms with Crippen molar-refractivity contribution in [3.05, 3.63) is 40.9 Å². The largest absolute Gasteiger partial charge is 0.489 e. The lowest BCUT2D eigenvalue weighted by molar-refractivity contribution is 0.335. The van der Waals surface area contributed by atoms with Crippen LogP contribution in [0.2, 0.25) is 5.02 Å². The van der Waals surface area contributed by atoms with Gasteiger partial charge in [0.25, 0.3) is 0 Å². The first-order valence-corrected chi connectivity index (χ1v) is 8.71. The molecule has 0 aliphatic heterocycles. The third-order valence-electron chi connectivity index (χ3n) is 4.90. The fourth-order valence-corrected chi connectivity index (χ4v) is 4.01. The molecule has 122 valence electrons. The van der Waals surface area contributed by atoms with Gasteiger partial charge in [0.1, 0.15) is 12.4 Å². The molecule has 2 rings (SSSR count). The van der Waals surface area contributed by atoms with Gasteiger partial charge in [-0.2, -0.15) is 0 Å². The van der Waals surface area contributed by atoms with E-state index in [1.807, 2.05) is 6.08 Å². The molecule has 1 aliphatic rings. The molecule has 0 aromatic heterocycles. The monoisotopic (exact) mass is 320 g/mol. The van der Waals surface area contributed by atoms with Crippen LogP contribution >= 0.6 is 11.6 Å². The van der Waals surface area contributed by atoms with Crippen molar-refractivity contribution < 1.29 is 4.74 Å². The van der Waals surface area contributed by atoms with E-state index in [-0.39, 0.29) is 5.41 Å².